The first-order valence-electron chi connectivity index (χ1n) is 6.65. The van der Waals surface area contributed by atoms with Crippen molar-refractivity contribution in [1.82, 2.24) is 4.90 Å². The van der Waals surface area contributed by atoms with Gasteiger partial charge in [0.1, 0.15) is 0 Å². The third kappa shape index (κ3) is 3.65. The van der Waals surface area contributed by atoms with Crippen LogP contribution in [0.2, 0.25) is 0 Å². The van der Waals surface area contributed by atoms with Crippen LogP contribution in [0.4, 0.5) is 0 Å². The van der Waals surface area contributed by atoms with Crippen molar-refractivity contribution < 1.29 is 9.90 Å². The van der Waals surface area contributed by atoms with Crippen molar-refractivity contribution in [2.75, 3.05) is 19.6 Å². The van der Waals surface area contributed by atoms with Gasteiger partial charge in [0, 0.05) is 25.1 Å². The van der Waals surface area contributed by atoms with Crippen LogP contribution in [0.3, 0.4) is 0 Å². The van der Waals surface area contributed by atoms with Crippen LogP contribution in [0, 0.1) is 6.92 Å². The maximum atomic E-state index is 12.0. The van der Waals surface area contributed by atoms with Crippen molar-refractivity contribution in [2.45, 2.75) is 32.3 Å². The summed E-state index contributed by atoms with van der Waals surface area (Å²) in [6.45, 7) is 4.46. The lowest BCUT2D eigenvalue weighted by atomic mass is 10.0. The number of hydrogen-bond donors (Lipinski definition) is 1. The number of rotatable bonds is 4. The van der Waals surface area contributed by atoms with E-state index in [1.165, 1.54) is 0 Å². The average Bonchev–Trinajstić information content (AvgIpc) is 2.36. The molecule has 1 heterocycles. The van der Waals surface area contributed by atoms with Gasteiger partial charge in [-0.15, -0.1) is 0 Å². The molecule has 1 aromatic carbocycles. The number of carbonyl (C=O) groups is 1. The molecule has 0 aromatic heterocycles. The fourth-order valence-corrected chi connectivity index (χ4v) is 2.46. The number of hydrogen-bond acceptors (Lipinski definition) is 3. The Morgan fingerprint density at radius 1 is 1.50 bits per heavy atom. The Bertz CT molecular complexity index is 417. The van der Waals surface area contributed by atoms with Crippen LogP contribution >= 0.6 is 0 Å². The van der Waals surface area contributed by atoms with Crippen LogP contribution in [0.1, 0.15) is 35.2 Å². The van der Waals surface area contributed by atoms with Crippen molar-refractivity contribution in [3.05, 3.63) is 35.4 Å². The molecule has 1 N–H and O–H groups in total. The molecule has 1 aliphatic heterocycles. The fourth-order valence-electron chi connectivity index (χ4n) is 2.46. The van der Waals surface area contributed by atoms with Gasteiger partial charge in [0.05, 0.1) is 6.10 Å². The predicted molar refractivity (Wildman–Crippen MR) is 71.8 cm³/mol. The molecule has 1 aromatic rings. The Balaban J connectivity index is 1.84. The highest BCUT2D eigenvalue weighted by Crippen LogP contribution is 2.12. The third-order valence-corrected chi connectivity index (χ3v) is 3.48. The molecule has 1 unspecified atom stereocenters. The molecule has 1 saturated heterocycles. The van der Waals surface area contributed by atoms with Crippen LogP contribution < -0.4 is 0 Å². The number of Topliss-reactive ketones (excluding diaryl/α,β-unsaturated/α-hetero) is 1. The van der Waals surface area contributed by atoms with E-state index >= 15 is 0 Å². The summed E-state index contributed by atoms with van der Waals surface area (Å²) in [6, 6.07) is 7.73. The van der Waals surface area contributed by atoms with Gasteiger partial charge >= 0.3 is 0 Å². The summed E-state index contributed by atoms with van der Waals surface area (Å²) in [6.07, 6.45) is 2.24. The van der Waals surface area contributed by atoms with Gasteiger partial charge in [-0.2, -0.15) is 0 Å². The number of ketones is 1. The average molecular weight is 247 g/mol. The molecule has 3 heteroatoms. The van der Waals surface area contributed by atoms with Gasteiger partial charge in [0.25, 0.3) is 0 Å². The van der Waals surface area contributed by atoms with Gasteiger partial charge < -0.3 is 10.0 Å². The molecule has 0 aliphatic carbocycles. The molecule has 1 fully saturated rings. The van der Waals surface area contributed by atoms with Crippen LogP contribution in [0.15, 0.2) is 24.3 Å². The summed E-state index contributed by atoms with van der Waals surface area (Å²) in [7, 11) is 0. The lowest BCUT2D eigenvalue weighted by molar-refractivity contribution is 0.0670. The summed E-state index contributed by atoms with van der Waals surface area (Å²) in [5, 5.41) is 9.57. The summed E-state index contributed by atoms with van der Waals surface area (Å²) in [4.78, 5) is 14.2. The second kappa shape index (κ2) is 6.12. The molecule has 1 aliphatic rings. The molecular weight excluding hydrogens is 226 g/mol. The minimum atomic E-state index is -0.215. The summed E-state index contributed by atoms with van der Waals surface area (Å²) in [5.74, 6) is 0.193. The normalized spacial score (nSPS) is 20.9. The van der Waals surface area contributed by atoms with Crippen molar-refractivity contribution in [3.8, 4) is 0 Å². The zero-order valence-corrected chi connectivity index (χ0v) is 10.9. The van der Waals surface area contributed by atoms with Gasteiger partial charge in [0.2, 0.25) is 0 Å². The first-order valence-corrected chi connectivity index (χ1v) is 6.65. The second-order valence-corrected chi connectivity index (χ2v) is 5.14. The molecule has 0 radical (unpaired) electrons. The van der Waals surface area contributed by atoms with Crippen molar-refractivity contribution >= 4 is 5.78 Å². The van der Waals surface area contributed by atoms with Gasteiger partial charge in [-0.25, -0.2) is 0 Å². The van der Waals surface area contributed by atoms with E-state index in [9.17, 15) is 9.90 Å². The largest absolute Gasteiger partial charge is 0.392 e. The monoisotopic (exact) mass is 247 g/mol. The Morgan fingerprint density at radius 3 is 3.06 bits per heavy atom. The Morgan fingerprint density at radius 2 is 2.33 bits per heavy atom. The number of carbonyl (C=O) groups excluding carboxylic acids is 1. The van der Waals surface area contributed by atoms with E-state index in [0.29, 0.717) is 13.0 Å². The van der Waals surface area contributed by atoms with E-state index in [-0.39, 0.29) is 11.9 Å². The van der Waals surface area contributed by atoms with E-state index in [2.05, 4.69) is 4.90 Å². The van der Waals surface area contributed by atoms with Gasteiger partial charge in [-0.1, -0.05) is 23.8 Å². The maximum Gasteiger partial charge on any atom is 0.164 e. The molecule has 3 nitrogen and oxygen atoms in total. The predicted octanol–water partition coefficient (Wildman–Crippen LogP) is 2.02. The summed E-state index contributed by atoms with van der Waals surface area (Å²) < 4.78 is 0. The smallest absolute Gasteiger partial charge is 0.164 e. The standard InChI is InChI=1S/C15H21NO2/c1-12-4-2-5-13(10-12)15(18)7-9-16-8-3-6-14(17)11-16/h2,4-5,10,14,17H,3,6-9,11H2,1H3. The van der Waals surface area contributed by atoms with Crippen molar-refractivity contribution in [1.29, 1.82) is 0 Å². The van der Waals surface area contributed by atoms with Crippen molar-refractivity contribution in [2.24, 2.45) is 0 Å². The van der Waals surface area contributed by atoms with E-state index in [1.54, 1.807) is 0 Å². The van der Waals surface area contributed by atoms with E-state index < -0.39 is 0 Å². The topological polar surface area (TPSA) is 40.5 Å². The van der Waals surface area contributed by atoms with Crippen molar-refractivity contribution in [3.63, 3.8) is 0 Å². The first kappa shape index (κ1) is 13.2. The highest BCUT2D eigenvalue weighted by atomic mass is 16.3. The summed E-state index contributed by atoms with van der Waals surface area (Å²) in [5.41, 5.74) is 1.92. The lowest BCUT2D eigenvalue weighted by Crippen LogP contribution is -2.39. The van der Waals surface area contributed by atoms with Gasteiger partial charge in [-0.05, 0) is 32.4 Å². The molecule has 0 saturated carbocycles. The minimum Gasteiger partial charge on any atom is -0.392 e. The lowest BCUT2D eigenvalue weighted by Gasteiger charge is -2.29. The van der Waals surface area contributed by atoms with Crippen LogP contribution in [-0.4, -0.2) is 41.5 Å². The SMILES string of the molecule is Cc1cccc(C(=O)CCN2CCCC(O)C2)c1. The number of β-amino-alcohol motifs (C(OH)–C–C–N with tert-alkyl or cyclic N) is 1. The highest BCUT2D eigenvalue weighted by molar-refractivity contribution is 5.96. The van der Waals surface area contributed by atoms with E-state index in [1.807, 2.05) is 31.2 Å². The molecule has 0 bridgehead atoms. The number of likely N-dealkylation sites (tertiary alicyclic amines) is 1. The zero-order valence-electron chi connectivity index (χ0n) is 10.9. The number of aliphatic hydroxyl groups is 1. The van der Waals surface area contributed by atoms with Crippen LogP contribution in [-0.2, 0) is 0 Å². The molecule has 1 atom stereocenters. The van der Waals surface area contributed by atoms with E-state index in [4.69, 9.17) is 0 Å². The number of nitrogens with zero attached hydrogens (tertiary/aromatic N) is 1. The second-order valence-electron chi connectivity index (χ2n) is 5.14. The van der Waals surface area contributed by atoms with Crippen LogP contribution in [0.5, 0.6) is 0 Å². The molecule has 2 rings (SSSR count). The van der Waals surface area contributed by atoms with E-state index in [0.717, 1.165) is 37.1 Å². The first-order chi connectivity index (χ1) is 8.65. The minimum absolute atomic E-state index is 0.193. The highest BCUT2D eigenvalue weighted by Gasteiger charge is 2.18. The third-order valence-electron chi connectivity index (χ3n) is 3.48. The molecule has 18 heavy (non-hydrogen) atoms. The van der Waals surface area contributed by atoms with Crippen LogP contribution in [0.25, 0.3) is 0 Å². The zero-order chi connectivity index (χ0) is 13.0. The molecule has 98 valence electrons. The Kier molecular flexibility index (Phi) is 4.50. The Labute approximate surface area is 108 Å². The fraction of sp³-hybridized carbons (Fsp3) is 0.533. The molecule has 0 amide bonds. The summed E-state index contributed by atoms with van der Waals surface area (Å²) >= 11 is 0. The number of aryl methyl sites for hydroxylation is 1. The van der Waals surface area contributed by atoms with Gasteiger partial charge in [0.15, 0.2) is 5.78 Å². The molecular formula is C15H21NO2. The quantitative estimate of drug-likeness (QED) is 0.828. The Hall–Kier alpha value is -1.19. The maximum absolute atomic E-state index is 12.0. The number of aliphatic hydroxyl groups excluding tert-OH is 1. The number of benzene rings is 1. The van der Waals surface area contributed by atoms with Gasteiger partial charge in [-0.3, -0.25) is 4.79 Å². The molecule has 0 spiro atoms. The number of piperidine rings is 1.